The monoisotopic (exact) mass is 291 g/mol. The number of ether oxygens (including phenoxy) is 1. The van der Waals surface area contributed by atoms with Crippen molar-refractivity contribution in [2.75, 3.05) is 5.73 Å². The topological polar surface area (TPSA) is 53.1 Å². The summed E-state index contributed by atoms with van der Waals surface area (Å²) in [4.78, 5) is 0. The highest BCUT2D eigenvalue weighted by atomic mass is 35.5. The first-order valence-corrected chi connectivity index (χ1v) is 6.27. The number of nitrogen functional groups attached to an aromatic ring is 1. The molecule has 0 radical (unpaired) electrons. The van der Waals surface area contributed by atoms with Gasteiger partial charge < -0.3 is 10.5 Å². The lowest BCUT2D eigenvalue weighted by atomic mass is 10.2. The minimum atomic E-state index is -0.678. The molecule has 102 valence electrons. The van der Waals surface area contributed by atoms with Gasteiger partial charge in [-0.2, -0.15) is 5.10 Å². The van der Waals surface area contributed by atoms with Gasteiger partial charge in [0.15, 0.2) is 5.82 Å². The Hall–Kier alpha value is -2.27. The molecule has 0 bridgehead atoms. The second kappa shape index (κ2) is 4.68. The van der Waals surface area contributed by atoms with Crippen LogP contribution < -0.4 is 10.5 Å². The number of rotatable bonds is 2. The Morgan fingerprint density at radius 2 is 2.10 bits per heavy atom. The van der Waals surface area contributed by atoms with E-state index in [4.69, 9.17) is 22.1 Å². The molecule has 4 nitrogen and oxygen atoms in total. The molecule has 2 aromatic carbocycles. The molecule has 0 spiro atoms. The molecule has 0 saturated heterocycles. The summed E-state index contributed by atoms with van der Waals surface area (Å²) >= 11 is 5.87. The first kappa shape index (κ1) is 12.7. The van der Waals surface area contributed by atoms with Crippen LogP contribution in [0.5, 0.6) is 11.5 Å². The standard InChI is InChI=1S/C14H11ClFN3O/c1-19-7-8-2-3-9(6-11(8)18-19)20-12-5-4-10(17)14(16)13(12)15/h2-7H,17H2,1H3. The molecule has 20 heavy (non-hydrogen) atoms. The number of hydrogen-bond donors (Lipinski definition) is 1. The molecular weight excluding hydrogens is 281 g/mol. The van der Waals surface area contributed by atoms with Crippen LogP contribution in [0.1, 0.15) is 0 Å². The fraction of sp³-hybridized carbons (Fsp3) is 0.0714. The van der Waals surface area contributed by atoms with Crippen LogP contribution in [0, 0.1) is 5.82 Å². The Morgan fingerprint density at radius 1 is 1.30 bits per heavy atom. The first-order chi connectivity index (χ1) is 9.54. The van der Waals surface area contributed by atoms with Crippen molar-refractivity contribution >= 4 is 28.2 Å². The quantitative estimate of drug-likeness (QED) is 0.732. The zero-order valence-corrected chi connectivity index (χ0v) is 11.4. The normalized spacial score (nSPS) is 10.9. The van der Waals surface area contributed by atoms with Gasteiger partial charge in [0, 0.05) is 24.7 Å². The van der Waals surface area contributed by atoms with Crippen molar-refractivity contribution in [3.8, 4) is 11.5 Å². The van der Waals surface area contributed by atoms with Gasteiger partial charge in [0.25, 0.3) is 0 Å². The maximum absolute atomic E-state index is 13.6. The maximum atomic E-state index is 13.6. The van der Waals surface area contributed by atoms with Gasteiger partial charge >= 0.3 is 0 Å². The Kier molecular flexibility index (Phi) is 2.99. The van der Waals surface area contributed by atoms with Gasteiger partial charge in [-0.1, -0.05) is 11.6 Å². The number of hydrogen-bond acceptors (Lipinski definition) is 3. The molecule has 0 atom stereocenters. The van der Waals surface area contributed by atoms with Gasteiger partial charge in [0.05, 0.1) is 11.2 Å². The number of benzene rings is 2. The summed E-state index contributed by atoms with van der Waals surface area (Å²) in [6.07, 6.45) is 1.90. The Labute approximate surface area is 119 Å². The molecule has 0 aliphatic carbocycles. The molecule has 1 aromatic heterocycles. The predicted molar refractivity (Wildman–Crippen MR) is 76.6 cm³/mol. The van der Waals surface area contributed by atoms with Crippen LogP contribution in [0.25, 0.3) is 10.9 Å². The van der Waals surface area contributed by atoms with Crippen LogP contribution in [0.15, 0.2) is 36.5 Å². The average Bonchev–Trinajstić information content (AvgIpc) is 2.79. The highest BCUT2D eigenvalue weighted by Crippen LogP contribution is 2.34. The van der Waals surface area contributed by atoms with E-state index in [1.165, 1.54) is 12.1 Å². The molecule has 0 aliphatic heterocycles. The average molecular weight is 292 g/mol. The number of aryl methyl sites for hydroxylation is 1. The Morgan fingerprint density at radius 3 is 2.90 bits per heavy atom. The minimum Gasteiger partial charge on any atom is -0.456 e. The number of aromatic nitrogens is 2. The van der Waals surface area contributed by atoms with Gasteiger partial charge in [-0.25, -0.2) is 4.39 Å². The zero-order valence-electron chi connectivity index (χ0n) is 10.6. The second-order valence-corrected chi connectivity index (χ2v) is 4.78. The van der Waals surface area contributed by atoms with E-state index in [0.29, 0.717) is 5.75 Å². The summed E-state index contributed by atoms with van der Waals surface area (Å²) in [6.45, 7) is 0. The summed E-state index contributed by atoms with van der Waals surface area (Å²) in [7, 11) is 1.84. The lowest BCUT2D eigenvalue weighted by Gasteiger charge is -2.09. The summed E-state index contributed by atoms with van der Waals surface area (Å²) in [5.41, 5.74) is 6.21. The summed E-state index contributed by atoms with van der Waals surface area (Å²) in [5, 5.41) is 5.14. The molecular formula is C14H11ClFN3O. The minimum absolute atomic E-state index is 0.0115. The molecule has 1 heterocycles. The van der Waals surface area contributed by atoms with E-state index in [9.17, 15) is 4.39 Å². The maximum Gasteiger partial charge on any atom is 0.168 e. The number of fused-ring (bicyclic) bond motifs is 1. The summed E-state index contributed by atoms with van der Waals surface area (Å²) < 4.78 is 20.9. The van der Waals surface area contributed by atoms with Crippen LogP contribution >= 0.6 is 11.6 Å². The molecule has 0 unspecified atom stereocenters. The SMILES string of the molecule is Cn1cc2ccc(Oc3ccc(N)c(F)c3Cl)cc2n1. The van der Waals surface area contributed by atoms with E-state index in [-0.39, 0.29) is 16.5 Å². The first-order valence-electron chi connectivity index (χ1n) is 5.89. The van der Waals surface area contributed by atoms with Crippen LogP contribution in [-0.2, 0) is 7.05 Å². The summed E-state index contributed by atoms with van der Waals surface area (Å²) in [6, 6.07) is 8.35. The van der Waals surface area contributed by atoms with Crippen LogP contribution in [0.2, 0.25) is 5.02 Å². The molecule has 6 heteroatoms. The van der Waals surface area contributed by atoms with E-state index in [1.807, 2.05) is 19.3 Å². The van der Waals surface area contributed by atoms with Gasteiger partial charge in [0.2, 0.25) is 0 Å². The van der Waals surface area contributed by atoms with E-state index in [1.54, 1.807) is 16.8 Å². The Balaban J connectivity index is 1.98. The number of anilines is 1. The van der Waals surface area contributed by atoms with Crippen LogP contribution in [0.4, 0.5) is 10.1 Å². The van der Waals surface area contributed by atoms with Crippen molar-refractivity contribution in [3.63, 3.8) is 0 Å². The third-order valence-corrected chi connectivity index (χ3v) is 3.25. The van der Waals surface area contributed by atoms with Gasteiger partial charge in [-0.3, -0.25) is 4.68 Å². The van der Waals surface area contributed by atoms with Gasteiger partial charge in [0.1, 0.15) is 16.5 Å². The molecule has 3 aromatic rings. The van der Waals surface area contributed by atoms with Gasteiger partial charge in [-0.15, -0.1) is 0 Å². The van der Waals surface area contributed by atoms with Crippen molar-refractivity contribution < 1.29 is 9.13 Å². The highest BCUT2D eigenvalue weighted by Gasteiger charge is 2.12. The van der Waals surface area contributed by atoms with Crippen molar-refractivity contribution in [3.05, 3.63) is 47.4 Å². The van der Waals surface area contributed by atoms with Crippen LogP contribution in [-0.4, -0.2) is 9.78 Å². The van der Waals surface area contributed by atoms with E-state index in [2.05, 4.69) is 5.10 Å². The predicted octanol–water partition coefficient (Wildman–Crippen LogP) is 3.74. The van der Waals surface area contributed by atoms with Crippen molar-refractivity contribution in [1.82, 2.24) is 9.78 Å². The van der Waals surface area contributed by atoms with E-state index in [0.717, 1.165) is 10.9 Å². The lowest BCUT2D eigenvalue weighted by molar-refractivity contribution is 0.478. The number of nitrogens with two attached hydrogens (primary N) is 1. The van der Waals surface area contributed by atoms with E-state index >= 15 is 0 Å². The molecule has 0 fully saturated rings. The lowest BCUT2D eigenvalue weighted by Crippen LogP contribution is -1.94. The smallest absolute Gasteiger partial charge is 0.168 e. The Bertz CT molecular complexity index is 800. The molecule has 0 aliphatic rings. The van der Waals surface area contributed by atoms with Gasteiger partial charge in [-0.05, 0) is 24.3 Å². The third-order valence-electron chi connectivity index (χ3n) is 2.90. The van der Waals surface area contributed by atoms with Crippen LogP contribution in [0.3, 0.4) is 0 Å². The zero-order chi connectivity index (χ0) is 14.3. The fourth-order valence-corrected chi connectivity index (χ4v) is 2.15. The molecule has 3 rings (SSSR count). The van der Waals surface area contributed by atoms with Crippen molar-refractivity contribution in [2.45, 2.75) is 0 Å². The third kappa shape index (κ3) is 2.16. The van der Waals surface area contributed by atoms with Crippen molar-refractivity contribution in [2.24, 2.45) is 7.05 Å². The number of halogens is 2. The molecule has 0 saturated carbocycles. The highest BCUT2D eigenvalue weighted by molar-refractivity contribution is 6.32. The largest absolute Gasteiger partial charge is 0.456 e. The van der Waals surface area contributed by atoms with E-state index < -0.39 is 5.82 Å². The molecule has 0 amide bonds. The number of nitrogens with zero attached hydrogens (tertiary/aromatic N) is 2. The van der Waals surface area contributed by atoms with Crippen molar-refractivity contribution in [1.29, 1.82) is 0 Å². The molecule has 2 N–H and O–H groups in total. The second-order valence-electron chi connectivity index (χ2n) is 4.41. The summed E-state index contributed by atoms with van der Waals surface area (Å²) in [5.74, 6) is 0.0685. The fourth-order valence-electron chi connectivity index (χ4n) is 1.94.